The first-order valence-electron chi connectivity index (χ1n) is 7.18. The molecule has 0 fully saturated rings. The van der Waals surface area contributed by atoms with E-state index in [0.29, 0.717) is 11.6 Å². The summed E-state index contributed by atoms with van der Waals surface area (Å²) in [4.78, 5) is 4.36. The molecule has 6 nitrogen and oxygen atoms in total. The summed E-state index contributed by atoms with van der Waals surface area (Å²) in [5.41, 5.74) is 2.25. The highest BCUT2D eigenvalue weighted by molar-refractivity contribution is 7.98. The van der Waals surface area contributed by atoms with Gasteiger partial charge in [-0.15, -0.1) is 10.2 Å². The Morgan fingerprint density at radius 2 is 2.14 bits per heavy atom. The molecular formula is C15H17N5OS. The van der Waals surface area contributed by atoms with Gasteiger partial charge in [0.1, 0.15) is 6.33 Å². The van der Waals surface area contributed by atoms with Crippen molar-refractivity contribution in [3.8, 4) is 5.69 Å². The molecule has 3 aromatic rings. The lowest BCUT2D eigenvalue weighted by Gasteiger charge is -2.08. The minimum Gasteiger partial charge on any atom is -0.338 e. The third kappa shape index (κ3) is 3.19. The van der Waals surface area contributed by atoms with Gasteiger partial charge in [0, 0.05) is 6.42 Å². The van der Waals surface area contributed by atoms with Gasteiger partial charge in [-0.2, -0.15) is 4.98 Å². The molecule has 0 amide bonds. The van der Waals surface area contributed by atoms with Gasteiger partial charge < -0.3 is 4.52 Å². The molecule has 0 aliphatic heterocycles. The first-order chi connectivity index (χ1) is 10.8. The smallest absolute Gasteiger partial charge is 0.237 e. The molecule has 0 saturated heterocycles. The molecule has 22 heavy (non-hydrogen) atoms. The molecule has 0 aliphatic carbocycles. The van der Waals surface area contributed by atoms with E-state index >= 15 is 0 Å². The second kappa shape index (κ2) is 6.74. The normalized spacial score (nSPS) is 11.0. The highest BCUT2D eigenvalue weighted by Crippen LogP contribution is 2.24. The number of aryl methyl sites for hydroxylation is 2. The molecule has 0 N–H and O–H groups in total. The largest absolute Gasteiger partial charge is 0.338 e. The fourth-order valence-corrected chi connectivity index (χ4v) is 2.88. The second-order valence-corrected chi connectivity index (χ2v) is 5.86. The maximum Gasteiger partial charge on any atom is 0.237 e. The van der Waals surface area contributed by atoms with Crippen molar-refractivity contribution in [1.29, 1.82) is 0 Å². The number of rotatable bonds is 6. The van der Waals surface area contributed by atoms with E-state index < -0.39 is 0 Å². The molecule has 3 rings (SSSR count). The van der Waals surface area contributed by atoms with Crippen LogP contribution in [-0.4, -0.2) is 24.9 Å². The average Bonchev–Trinajstić information content (AvgIpc) is 3.15. The average molecular weight is 315 g/mol. The van der Waals surface area contributed by atoms with Crippen LogP contribution in [0.3, 0.4) is 0 Å². The number of hydrogen-bond acceptors (Lipinski definition) is 6. The minimum absolute atomic E-state index is 0.585. The van der Waals surface area contributed by atoms with E-state index in [2.05, 4.69) is 46.3 Å². The molecule has 0 saturated carbocycles. The Kier molecular flexibility index (Phi) is 4.53. The predicted molar refractivity (Wildman–Crippen MR) is 84.0 cm³/mol. The molecular weight excluding hydrogens is 298 g/mol. The zero-order valence-electron chi connectivity index (χ0n) is 12.6. The van der Waals surface area contributed by atoms with E-state index in [-0.39, 0.29) is 0 Å². The molecule has 0 aliphatic rings. The van der Waals surface area contributed by atoms with Crippen molar-refractivity contribution in [3.05, 3.63) is 47.9 Å². The second-order valence-electron chi connectivity index (χ2n) is 4.91. The molecule has 114 valence electrons. The van der Waals surface area contributed by atoms with E-state index in [1.807, 2.05) is 16.7 Å². The van der Waals surface area contributed by atoms with E-state index in [0.717, 1.165) is 29.5 Å². The highest BCUT2D eigenvalue weighted by atomic mass is 32.2. The molecule has 0 radical (unpaired) electrons. The summed E-state index contributed by atoms with van der Waals surface area (Å²) in [7, 11) is 0. The summed E-state index contributed by atoms with van der Waals surface area (Å²) >= 11 is 1.53. The lowest BCUT2D eigenvalue weighted by molar-refractivity contribution is 0.384. The van der Waals surface area contributed by atoms with Crippen LogP contribution in [0.25, 0.3) is 5.69 Å². The summed E-state index contributed by atoms with van der Waals surface area (Å²) < 4.78 is 7.22. The van der Waals surface area contributed by atoms with Crippen molar-refractivity contribution in [2.45, 2.75) is 37.6 Å². The van der Waals surface area contributed by atoms with E-state index in [1.54, 1.807) is 6.33 Å². The van der Waals surface area contributed by atoms with E-state index in [1.165, 1.54) is 17.3 Å². The van der Waals surface area contributed by atoms with Crippen molar-refractivity contribution in [1.82, 2.24) is 24.9 Å². The van der Waals surface area contributed by atoms with Crippen LogP contribution in [0.4, 0.5) is 0 Å². The van der Waals surface area contributed by atoms with Crippen LogP contribution < -0.4 is 0 Å². The standard InChI is InChI=1S/C15H17N5OS/c1-3-6-13-17-14(21-19-13)9-22-15-18-16-10-20(15)12-8-5-4-7-11(12)2/h4-5,7-8,10H,3,6,9H2,1-2H3. The van der Waals surface area contributed by atoms with Gasteiger partial charge in [-0.1, -0.05) is 42.0 Å². The number of hydrogen-bond donors (Lipinski definition) is 0. The minimum atomic E-state index is 0.585. The number of benzene rings is 1. The lowest BCUT2D eigenvalue weighted by Crippen LogP contribution is -1.97. The zero-order chi connectivity index (χ0) is 15.4. The number of nitrogens with zero attached hydrogens (tertiary/aromatic N) is 5. The summed E-state index contributed by atoms with van der Waals surface area (Å²) in [6, 6.07) is 8.14. The Morgan fingerprint density at radius 3 is 2.95 bits per heavy atom. The van der Waals surface area contributed by atoms with Crippen molar-refractivity contribution >= 4 is 11.8 Å². The molecule has 1 aromatic carbocycles. The van der Waals surface area contributed by atoms with Crippen LogP contribution in [0.1, 0.15) is 30.6 Å². The summed E-state index contributed by atoms with van der Waals surface area (Å²) in [6.45, 7) is 4.16. The Bertz CT molecular complexity index is 752. The summed E-state index contributed by atoms with van der Waals surface area (Å²) in [5, 5.41) is 13.0. The number of thioether (sulfide) groups is 1. The van der Waals surface area contributed by atoms with Gasteiger partial charge in [-0.3, -0.25) is 4.57 Å². The number of aromatic nitrogens is 5. The van der Waals surface area contributed by atoms with Gasteiger partial charge in [-0.25, -0.2) is 0 Å². The molecule has 0 bridgehead atoms. The van der Waals surface area contributed by atoms with E-state index in [4.69, 9.17) is 4.52 Å². The molecule has 0 unspecified atom stereocenters. The molecule has 0 atom stereocenters. The van der Waals surface area contributed by atoms with Gasteiger partial charge in [0.2, 0.25) is 5.89 Å². The van der Waals surface area contributed by atoms with Crippen molar-refractivity contribution in [2.24, 2.45) is 0 Å². The van der Waals surface area contributed by atoms with Crippen LogP contribution in [0.2, 0.25) is 0 Å². The summed E-state index contributed by atoms with van der Waals surface area (Å²) in [5.74, 6) is 1.97. The Morgan fingerprint density at radius 1 is 1.27 bits per heavy atom. The predicted octanol–water partition coefficient (Wildman–Crippen LogP) is 3.20. The number of para-hydroxylation sites is 1. The Balaban J connectivity index is 1.74. The third-order valence-electron chi connectivity index (χ3n) is 3.20. The molecule has 0 spiro atoms. The van der Waals surface area contributed by atoms with Crippen LogP contribution in [0.5, 0.6) is 0 Å². The maximum atomic E-state index is 5.25. The van der Waals surface area contributed by atoms with Crippen molar-refractivity contribution in [3.63, 3.8) is 0 Å². The zero-order valence-corrected chi connectivity index (χ0v) is 13.4. The Hall–Kier alpha value is -2.15. The monoisotopic (exact) mass is 315 g/mol. The lowest BCUT2D eigenvalue weighted by atomic mass is 10.2. The maximum absolute atomic E-state index is 5.25. The van der Waals surface area contributed by atoms with Crippen LogP contribution >= 0.6 is 11.8 Å². The van der Waals surface area contributed by atoms with Crippen LogP contribution in [0.15, 0.2) is 40.3 Å². The van der Waals surface area contributed by atoms with Crippen molar-refractivity contribution < 1.29 is 4.52 Å². The molecule has 2 aromatic heterocycles. The van der Waals surface area contributed by atoms with E-state index in [9.17, 15) is 0 Å². The fraction of sp³-hybridized carbons (Fsp3) is 0.333. The topological polar surface area (TPSA) is 69.6 Å². The SMILES string of the molecule is CCCc1noc(CSc2nncn2-c2ccccc2C)n1. The molecule has 7 heteroatoms. The fourth-order valence-electron chi connectivity index (χ4n) is 2.12. The van der Waals surface area contributed by atoms with Crippen molar-refractivity contribution in [2.75, 3.05) is 0 Å². The highest BCUT2D eigenvalue weighted by Gasteiger charge is 2.12. The third-order valence-corrected chi connectivity index (χ3v) is 4.13. The van der Waals surface area contributed by atoms with Gasteiger partial charge in [0.25, 0.3) is 0 Å². The first-order valence-corrected chi connectivity index (χ1v) is 8.16. The van der Waals surface area contributed by atoms with Crippen LogP contribution in [-0.2, 0) is 12.2 Å². The van der Waals surface area contributed by atoms with Gasteiger partial charge in [0.15, 0.2) is 11.0 Å². The Labute approximate surface area is 133 Å². The van der Waals surface area contributed by atoms with Gasteiger partial charge in [-0.05, 0) is 25.0 Å². The summed E-state index contributed by atoms with van der Waals surface area (Å²) in [6.07, 6.45) is 3.57. The first kappa shape index (κ1) is 14.8. The van der Waals surface area contributed by atoms with Gasteiger partial charge >= 0.3 is 0 Å². The van der Waals surface area contributed by atoms with Crippen LogP contribution in [0, 0.1) is 6.92 Å². The molecule has 2 heterocycles. The quantitative estimate of drug-likeness (QED) is 0.651. The van der Waals surface area contributed by atoms with Gasteiger partial charge in [0.05, 0.1) is 11.4 Å².